The third-order valence-electron chi connectivity index (χ3n) is 5.39. The van der Waals surface area contributed by atoms with Crippen LogP contribution in [0, 0.1) is 5.92 Å². The summed E-state index contributed by atoms with van der Waals surface area (Å²) in [6.45, 7) is 1.51. The largest absolute Gasteiger partial charge is 0.388 e. The number of urea groups is 1. The van der Waals surface area contributed by atoms with E-state index in [0.717, 1.165) is 17.5 Å². The van der Waals surface area contributed by atoms with Gasteiger partial charge in [-0.3, -0.25) is 4.79 Å². The molecule has 2 aliphatic rings. The van der Waals surface area contributed by atoms with Crippen molar-refractivity contribution in [3.05, 3.63) is 64.7 Å². The number of hydrogen-bond acceptors (Lipinski definition) is 3. The Morgan fingerprint density at radius 2 is 1.79 bits per heavy atom. The van der Waals surface area contributed by atoms with Crippen molar-refractivity contribution in [3.8, 4) is 0 Å². The molecule has 0 bridgehead atoms. The molecule has 3 amide bonds. The SMILES string of the molecule is O=C(NCc1ccc(Cl)cc1)Nc1ccc(CC(=O)N2CC3CC3(O)C2)cc1. The minimum atomic E-state index is -0.622. The second-order valence-electron chi connectivity index (χ2n) is 7.59. The van der Waals surface area contributed by atoms with Gasteiger partial charge in [-0.25, -0.2) is 4.79 Å². The van der Waals surface area contributed by atoms with Crippen molar-refractivity contribution in [2.45, 2.75) is 25.0 Å². The summed E-state index contributed by atoms with van der Waals surface area (Å²) >= 11 is 5.84. The van der Waals surface area contributed by atoms with E-state index < -0.39 is 5.60 Å². The Bertz CT molecular complexity index is 885. The molecule has 0 aromatic heterocycles. The first kappa shape index (κ1) is 18.8. The number of rotatable bonds is 5. The summed E-state index contributed by atoms with van der Waals surface area (Å²) in [5.74, 6) is 0.288. The summed E-state index contributed by atoms with van der Waals surface area (Å²) < 4.78 is 0. The lowest BCUT2D eigenvalue weighted by atomic mass is 10.1. The van der Waals surface area contributed by atoms with E-state index in [-0.39, 0.29) is 17.9 Å². The van der Waals surface area contributed by atoms with Crippen molar-refractivity contribution >= 4 is 29.2 Å². The van der Waals surface area contributed by atoms with Gasteiger partial charge in [-0.05, 0) is 41.8 Å². The summed E-state index contributed by atoms with van der Waals surface area (Å²) in [6.07, 6.45) is 1.11. The zero-order valence-corrected chi connectivity index (χ0v) is 16.1. The monoisotopic (exact) mass is 399 g/mol. The normalized spacial score (nSPS) is 22.5. The molecule has 2 fully saturated rings. The van der Waals surface area contributed by atoms with Crippen molar-refractivity contribution < 1.29 is 14.7 Å². The third kappa shape index (κ3) is 4.29. The van der Waals surface area contributed by atoms with Gasteiger partial charge in [-0.2, -0.15) is 0 Å². The first-order valence-electron chi connectivity index (χ1n) is 9.30. The van der Waals surface area contributed by atoms with Gasteiger partial charge in [0.15, 0.2) is 0 Å². The first-order valence-corrected chi connectivity index (χ1v) is 9.67. The van der Waals surface area contributed by atoms with Crippen LogP contribution in [0.2, 0.25) is 5.02 Å². The summed E-state index contributed by atoms with van der Waals surface area (Å²) in [6, 6.07) is 14.2. The fourth-order valence-corrected chi connectivity index (χ4v) is 3.73. The number of carbonyl (C=O) groups is 2. The van der Waals surface area contributed by atoms with Gasteiger partial charge >= 0.3 is 6.03 Å². The maximum atomic E-state index is 12.4. The van der Waals surface area contributed by atoms with Crippen LogP contribution in [-0.2, 0) is 17.8 Å². The van der Waals surface area contributed by atoms with E-state index in [2.05, 4.69) is 10.6 Å². The van der Waals surface area contributed by atoms with Crippen LogP contribution in [0.15, 0.2) is 48.5 Å². The van der Waals surface area contributed by atoms with Crippen LogP contribution in [0.25, 0.3) is 0 Å². The highest BCUT2D eigenvalue weighted by Gasteiger charge is 2.59. The van der Waals surface area contributed by atoms with E-state index in [0.29, 0.717) is 36.8 Å². The summed E-state index contributed by atoms with van der Waals surface area (Å²) in [4.78, 5) is 26.1. The van der Waals surface area contributed by atoms with Gasteiger partial charge in [0, 0.05) is 36.3 Å². The van der Waals surface area contributed by atoms with Crippen molar-refractivity contribution in [2.75, 3.05) is 18.4 Å². The van der Waals surface area contributed by atoms with Crippen LogP contribution < -0.4 is 10.6 Å². The lowest BCUT2D eigenvalue weighted by Gasteiger charge is -2.19. The van der Waals surface area contributed by atoms with E-state index in [4.69, 9.17) is 11.6 Å². The highest BCUT2D eigenvalue weighted by molar-refractivity contribution is 6.30. The Hall–Kier alpha value is -2.57. The Morgan fingerprint density at radius 3 is 2.43 bits per heavy atom. The maximum Gasteiger partial charge on any atom is 0.319 e. The molecule has 0 spiro atoms. The Balaban J connectivity index is 1.24. The fraction of sp³-hybridized carbons (Fsp3) is 0.333. The topological polar surface area (TPSA) is 81.7 Å². The number of anilines is 1. The molecule has 0 radical (unpaired) electrons. The zero-order chi connectivity index (χ0) is 19.7. The van der Waals surface area contributed by atoms with Gasteiger partial charge < -0.3 is 20.6 Å². The van der Waals surface area contributed by atoms with Crippen LogP contribution in [-0.4, -0.2) is 40.6 Å². The lowest BCUT2D eigenvalue weighted by Crippen LogP contribution is -2.34. The molecule has 4 rings (SSSR count). The number of aliphatic hydroxyl groups is 1. The predicted octanol–water partition coefficient (Wildman–Crippen LogP) is 2.80. The van der Waals surface area contributed by atoms with Crippen LogP contribution >= 0.6 is 11.6 Å². The number of carbonyl (C=O) groups excluding carboxylic acids is 2. The molecule has 1 aliphatic heterocycles. The summed E-state index contributed by atoms with van der Waals surface area (Å²) in [5, 5.41) is 16.3. The third-order valence-corrected chi connectivity index (χ3v) is 5.64. The van der Waals surface area contributed by atoms with Gasteiger partial charge in [0.2, 0.25) is 5.91 Å². The number of hydrogen-bond donors (Lipinski definition) is 3. The molecule has 3 N–H and O–H groups in total. The molecule has 1 heterocycles. The second-order valence-corrected chi connectivity index (χ2v) is 8.02. The standard InChI is InChI=1S/C21H22ClN3O3/c22-17-5-1-15(2-6-17)11-23-20(27)24-18-7-3-14(4-8-18)9-19(26)25-12-16-10-21(16,28)13-25/h1-8,16,28H,9-13H2,(H2,23,24,27). The van der Waals surface area contributed by atoms with E-state index in [1.165, 1.54) is 0 Å². The molecule has 2 aromatic carbocycles. The van der Waals surface area contributed by atoms with Gasteiger partial charge in [0.1, 0.15) is 0 Å². The fourth-order valence-electron chi connectivity index (χ4n) is 3.60. The van der Waals surface area contributed by atoms with E-state index in [1.54, 1.807) is 29.2 Å². The van der Waals surface area contributed by atoms with Gasteiger partial charge in [0.05, 0.1) is 12.0 Å². The van der Waals surface area contributed by atoms with Crippen molar-refractivity contribution in [1.82, 2.24) is 10.2 Å². The molecule has 1 saturated heterocycles. The molecular formula is C21H22ClN3O3. The number of fused-ring (bicyclic) bond motifs is 1. The molecular weight excluding hydrogens is 378 g/mol. The van der Waals surface area contributed by atoms with Crippen molar-refractivity contribution in [1.29, 1.82) is 0 Å². The summed E-state index contributed by atoms with van der Waals surface area (Å²) in [7, 11) is 0. The average molecular weight is 400 g/mol. The van der Waals surface area contributed by atoms with E-state index in [1.807, 2.05) is 24.3 Å². The molecule has 1 aliphatic carbocycles. The number of halogens is 1. The Morgan fingerprint density at radius 1 is 1.11 bits per heavy atom. The summed E-state index contributed by atoms with van der Waals surface area (Å²) in [5.41, 5.74) is 1.87. The smallest absolute Gasteiger partial charge is 0.319 e. The van der Waals surface area contributed by atoms with E-state index in [9.17, 15) is 14.7 Å². The predicted molar refractivity (Wildman–Crippen MR) is 107 cm³/mol. The first-order chi connectivity index (χ1) is 13.4. The zero-order valence-electron chi connectivity index (χ0n) is 15.3. The molecule has 28 heavy (non-hydrogen) atoms. The number of likely N-dealkylation sites (tertiary alicyclic amines) is 1. The van der Waals surface area contributed by atoms with Crippen LogP contribution in [0.1, 0.15) is 17.5 Å². The maximum absolute atomic E-state index is 12.4. The molecule has 2 unspecified atom stereocenters. The van der Waals surface area contributed by atoms with E-state index >= 15 is 0 Å². The van der Waals surface area contributed by atoms with Gasteiger partial charge in [0.25, 0.3) is 0 Å². The van der Waals surface area contributed by atoms with Crippen molar-refractivity contribution in [2.24, 2.45) is 5.92 Å². The number of β-amino-alcohol motifs (C(OH)–C–C–N with tert-alkyl or cyclic N) is 1. The number of benzene rings is 2. The highest BCUT2D eigenvalue weighted by Crippen LogP contribution is 2.49. The lowest BCUT2D eigenvalue weighted by molar-refractivity contribution is -0.130. The molecule has 146 valence electrons. The average Bonchev–Trinajstić information content (AvgIpc) is 3.19. The number of piperidine rings is 1. The van der Waals surface area contributed by atoms with Gasteiger partial charge in [-0.15, -0.1) is 0 Å². The minimum absolute atomic E-state index is 0.0297. The quantitative estimate of drug-likeness (QED) is 0.723. The van der Waals surface area contributed by atoms with Crippen molar-refractivity contribution in [3.63, 3.8) is 0 Å². The number of amides is 3. The van der Waals surface area contributed by atoms with Crippen LogP contribution in [0.3, 0.4) is 0 Å². The molecule has 1 saturated carbocycles. The van der Waals surface area contributed by atoms with Gasteiger partial charge in [-0.1, -0.05) is 35.9 Å². The molecule has 7 heteroatoms. The Labute approximate surface area is 168 Å². The van der Waals surface area contributed by atoms with Crippen LogP contribution in [0.4, 0.5) is 10.5 Å². The highest BCUT2D eigenvalue weighted by atomic mass is 35.5. The Kier molecular flexibility index (Phi) is 5.00. The number of nitrogens with one attached hydrogen (secondary N) is 2. The minimum Gasteiger partial charge on any atom is -0.388 e. The number of nitrogens with zero attached hydrogens (tertiary/aromatic N) is 1. The molecule has 2 atom stereocenters. The molecule has 6 nitrogen and oxygen atoms in total. The second kappa shape index (κ2) is 7.45. The molecule has 2 aromatic rings. The van der Waals surface area contributed by atoms with Crippen LogP contribution in [0.5, 0.6) is 0 Å².